The van der Waals surface area contributed by atoms with Crippen LogP contribution in [0.2, 0.25) is 0 Å². The third kappa shape index (κ3) is 3.61. The van der Waals surface area contributed by atoms with E-state index in [4.69, 9.17) is 4.74 Å². The Morgan fingerprint density at radius 2 is 1.75 bits per heavy atom. The van der Waals surface area contributed by atoms with Crippen LogP contribution < -0.4 is 0 Å². The van der Waals surface area contributed by atoms with Crippen LogP contribution in [0.25, 0.3) is 0 Å². The number of hydrogen-bond donors (Lipinski definition) is 0. The third-order valence-electron chi connectivity index (χ3n) is 6.30. The van der Waals surface area contributed by atoms with E-state index in [0.717, 1.165) is 64.5 Å². The highest BCUT2D eigenvalue weighted by molar-refractivity contribution is 5.85. The summed E-state index contributed by atoms with van der Waals surface area (Å²) in [5.41, 5.74) is -0.135. The van der Waals surface area contributed by atoms with E-state index in [-0.39, 0.29) is 11.3 Å². The number of amides is 2. The van der Waals surface area contributed by atoms with Gasteiger partial charge in [0, 0.05) is 45.8 Å². The molecular weight excluding hydrogens is 304 g/mol. The summed E-state index contributed by atoms with van der Waals surface area (Å²) in [6, 6.07) is 0.769. The van der Waals surface area contributed by atoms with E-state index in [1.807, 2.05) is 0 Å². The van der Waals surface area contributed by atoms with Crippen molar-refractivity contribution in [3.05, 3.63) is 0 Å². The van der Waals surface area contributed by atoms with Gasteiger partial charge in [0.2, 0.25) is 11.8 Å². The summed E-state index contributed by atoms with van der Waals surface area (Å²) in [5, 5.41) is 0. The Morgan fingerprint density at radius 1 is 1.08 bits per heavy atom. The topological polar surface area (TPSA) is 49.9 Å². The Kier molecular flexibility index (Phi) is 5.48. The average Bonchev–Trinajstić information content (AvgIpc) is 3.32. The van der Waals surface area contributed by atoms with Crippen molar-refractivity contribution in [1.82, 2.24) is 9.80 Å². The smallest absolute Gasteiger partial charge is 0.228 e. The second kappa shape index (κ2) is 7.42. The minimum atomic E-state index is -0.135. The first kappa shape index (κ1) is 17.7. The highest BCUT2D eigenvalue weighted by Gasteiger charge is 2.51. The number of carbonyl (C=O) groups is 2. The summed E-state index contributed by atoms with van der Waals surface area (Å²) >= 11 is 0. The normalized spacial score (nSPS) is 26.4. The van der Waals surface area contributed by atoms with Crippen molar-refractivity contribution in [2.75, 3.05) is 26.8 Å². The lowest BCUT2D eigenvalue weighted by molar-refractivity contribution is -0.137. The predicted molar refractivity (Wildman–Crippen MR) is 92.5 cm³/mol. The predicted octanol–water partition coefficient (Wildman–Crippen LogP) is 2.59. The molecule has 0 bridgehead atoms. The molecule has 0 radical (unpaired) electrons. The number of nitrogens with zero attached hydrogens (tertiary/aromatic N) is 2. The summed E-state index contributed by atoms with van der Waals surface area (Å²) in [7, 11) is 1.70. The van der Waals surface area contributed by atoms with Crippen LogP contribution in [0.1, 0.15) is 64.7 Å². The van der Waals surface area contributed by atoms with Crippen LogP contribution in [0.15, 0.2) is 0 Å². The van der Waals surface area contributed by atoms with Crippen molar-refractivity contribution >= 4 is 11.8 Å². The molecule has 0 spiro atoms. The van der Waals surface area contributed by atoms with Crippen LogP contribution in [0, 0.1) is 5.41 Å². The lowest BCUT2D eigenvalue weighted by Crippen LogP contribution is -2.49. The van der Waals surface area contributed by atoms with Gasteiger partial charge in [-0.05, 0) is 57.8 Å². The molecule has 2 aliphatic carbocycles. The first-order valence-electron chi connectivity index (χ1n) is 9.64. The van der Waals surface area contributed by atoms with Gasteiger partial charge in [-0.2, -0.15) is 0 Å². The van der Waals surface area contributed by atoms with Crippen LogP contribution in [0.5, 0.6) is 0 Å². The molecule has 3 aliphatic rings. The number of carbonyl (C=O) groups excluding carboxylic acids is 2. The van der Waals surface area contributed by atoms with Crippen LogP contribution in [-0.2, 0) is 14.3 Å². The van der Waals surface area contributed by atoms with Crippen molar-refractivity contribution in [3.63, 3.8) is 0 Å². The Balaban J connectivity index is 1.58. The van der Waals surface area contributed by atoms with Gasteiger partial charge in [-0.1, -0.05) is 0 Å². The van der Waals surface area contributed by atoms with E-state index in [0.29, 0.717) is 24.6 Å². The van der Waals surface area contributed by atoms with Crippen molar-refractivity contribution < 1.29 is 14.3 Å². The van der Waals surface area contributed by atoms with Crippen LogP contribution in [0.4, 0.5) is 0 Å². The van der Waals surface area contributed by atoms with Crippen LogP contribution >= 0.6 is 0 Å². The molecule has 2 saturated carbocycles. The number of likely N-dealkylation sites (tertiary alicyclic amines) is 1. The van der Waals surface area contributed by atoms with Crippen molar-refractivity contribution in [2.24, 2.45) is 5.41 Å². The van der Waals surface area contributed by atoms with Crippen LogP contribution in [0.3, 0.4) is 0 Å². The number of rotatable bonds is 6. The molecule has 0 aromatic rings. The summed E-state index contributed by atoms with van der Waals surface area (Å²) in [4.78, 5) is 29.3. The number of ether oxygens (including phenoxy) is 1. The molecule has 2 amide bonds. The van der Waals surface area contributed by atoms with E-state index in [9.17, 15) is 9.59 Å². The Hall–Kier alpha value is -1.10. The maximum Gasteiger partial charge on any atom is 0.228 e. The summed E-state index contributed by atoms with van der Waals surface area (Å²) in [5.74, 6) is 0.543. The van der Waals surface area contributed by atoms with Gasteiger partial charge in [-0.15, -0.1) is 0 Å². The highest BCUT2D eigenvalue weighted by Crippen LogP contribution is 2.50. The molecule has 5 nitrogen and oxygen atoms in total. The lowest BCUT2D eigenvalue weighted by Gasteiger charge is -2.42. The van der Waals surface area contributed by atoms with E-state index < -0.39 is 0 Å². The lowest BCUT2D eigenvalue weighted by atomic mass is 9.89. The molecule has 3 rings (SSSR count). The Morgan fingerprint density at radius 3 is 2.29 bits per heavy atom. The van der Waals surface area contributed by atoms with E-state index >= 15 is 0 Å². The van der Waals surface area contributed by atoms with E-state index in [1.54, 1.807) is 14.0 Å². The molecule has 0 aromatic carbocycles. The molecule has 1 heterocycles. The van der Waals surface area contributed by atoms with E-state index in [1.165, 1.54) is 6.42 Å². The zero-order chi connectivity index (χ0) is 17.2. The summed E-state index contributed by atoms with van der Waals surface area (Å²) in [6.45, 7) is 4.02. The highest BCUT2D eigenvalue weighted by atomic mass is 16.5. The average molecular weight is 336 g/mol. The molecule has 0 N–H and O–H groups in total. The van der Waals surface area contributed by atoms with Crippen molar-refractivity contribution in [2.45, 2.75) is 76.8 Å². The first-order valence-corrected chi connectivity index (χ1v) is 9.64. The minimum Gasteiger partial charge on any atom is -0.385 e. The molecular formula is C19H32N2O3. The monoisotopic (exact) mass is 336 g/mol. The first-order chi connectivity index (χ1) is 11.6. The standard InChI is InChI=1S/C19H32N2O3/c1-15(22)21(16-5-3-6-16)17-7-4-12-20(13-8-17)18(23)19(9-10-19)11-14-24-2/h16-17H,3-14H2,1-2H3/t17-/m1/s1. The van der Waals surface area contributed by atoms with Gasteiger partial charge in [0.05, 0.1) is 5.41 Å². The van der Waals surface area contributed by atoms with Gasteiger partial charge in [-0.25, -0.2) is 0 Å². The van der Waals surface area contributed by atoms with Gasteiger partial charge in [-0.3, -0.25) is 9.59 Å². The third-order valence-corrected chi connectivity index (χ3v) is 6.30. The molecule has 3 fully saturated rings. The van der Waals surface area contributed by atoms with Gasteiger partial charge in [0.15, 0.2) is 0 Å². The molecule has 0 unspecified atom stereocenters. The summed E-state index contributed by atoms with van der Waals surface area (Å²) in [6.07, 6.45) is 9.39. The summed E-state index contributed by atoms with van der Waals surface area (Å²) < 4.78 is 5.18. The van der Waals surface area contributed by atoms with Crippen LogP contribution in [-0.4, -0.2) is 60.5 Å². The Labute approximate surface area is 145 Å². The quantitative estimate of drug-likeness (QED) is 0.749. The number of methoxy groups -OCH3 is 1. The van der Waals surface area contributed by atoms with Crippen molar-refractivity contribution in [3.8, 4) is 0 Å². The maximum absolute atomic E-state index is 12.9. The maximum atomic E-state index is 12.9. The fraction of sp³-hybridized carbons (Fsp3) is 0.895. The molecule has 136 valence electrons. The Bertz CT molecular complexity index is 471. The second-order valence-corrected chi connectivity index (χ2v) is 7.91. The zero-order valence-electron chi connectivity index (χ0n) is 15.3. The zero-order valence-corrected chi connectivity index (χ0v) is 15.3. The van der Waals surface area contributed by atoms with Gasteiger partial charge in [0.1, 0.15) is 0 Å². The minimum absolute atomic E-state index is 0.135. The molecule has 24 heavy (non-hydrogen) atoms. The fourth-order valence-corrected chi connectivity index (χ4v) is 4.39. The SMILES string of the molecule is COCCC1(C(=O)N2CCC[C@@H](N(C(C)=O)C3CCC3)CC2)CC1. The van der Waals surface area contributed by atoms with Crippen molar-refractivity contribution in [1.29, 1.82) is 0 Å². The van der Waals surface area contributed by atoms with Gasteiger partial charge >= 0.3 is 0 Å². The second-order valence-electron chi connectivity index (χ2n) is 7.91. The van der Waals surface area contributed by atoms with E-state index in [2.05, 4.69) is 9.80 Å². The molecule has 0 aromatic heterocycles. The molecule has 5 heteroatoms. The number of hydrogen-bond acceptors (Lipinski definition) is 3. The molecule has 1 atom stereocenters. The largest absolute Gasteiger partial charge is 0.385 e. The fourth-order valence-electron chi connectivity index (χ4n) is 4.39. The molecule has 1 aliphatic heterocycles. The van der Waals surface area contributed by atoms with Gasteiger partial charge in [0.25, 0.3) is 0 Å². The van der Waals surface area contributed by atoms with Gasteiger partial charge < -0.3 is 14.5 Å². The molecule has 1 saturated heterocycles.